The van der Waals surface area contributed by atoms with E-state index in [1.54, 1.807) is 6.92 Å². The molecule has 0 heterocycles. The number of phosphoric ester groups is 1. The maximum Gasteiger partial charge on any atom is 0.472 e. The Morgan fingerprint density at radius 2 is 1.81 bits per heavy atom. The maximum absolute atomic E-state index is 12.7. The molecule has 1 aromatic rings. The van der Waals surface area contributed by atoms with Crippen LogP contribution in [-0.2, 0) is 27.9 Å². The van der Waals surface area contributed by atoms with E-state index < -0.39 is 69.5 Å². The summed E-state index contributed by atoms with van der Waals surface area (Å²) in [5, 5.41) is 27.8. The van der Waals surface area contributed by atoms with Crippen LogP contribution in [0.4, 0.5) is 17.1 Å². The molecule has 0 aliphatic rings. The van der Waals surface area contributed by atoms with Crippen molar-refractivity contribution in [2.75, 3.05) is 49.3 Å². The predicted octanol–water partition coefficient (Wildman–Crippen LogP) is 2.32. The molecule has 0 aliphatic carbocycles. The maximum atomic E-state index is 12.7. The Morgan fingerprint density at radius 3 is 2.39 bits per heavy atom. The van der Waals surface area contributed by atoms with Crippen LogP contribution in [0, 0.1) is 20.2 Å². The second kappa shape index (κ2) is 15.1. The molecule has 1 unspecified atom stereocenters. The summed E-state index contributed by atoms with van der Waals surface area (Å²) < 4.78 is 49.2. The lowest BCUT2D eigenvalue weighted by Crippen LogP contribution is -2.28. The summed E-state index contributed by atoms with van der Waals surface area (Å²) in [4.78, 5) is 43.0. The molecule has 1 aromatic carbocycles. The number of amides is 1. The molecule has 1 rings (SSSR count). The molecule has 0 fully saturated rings. The second-order valence-electron chi connectivity index (χ2n) is 6.85. The van der Waals surface area contributed by atoms with Gasteiger partial charge in [-0.05, 0) is 6.42 Å². The van der Waals surface area contributed by atoms with Gasteiger partial charge in [0, 0.05) is 24.5 Å². The highest BCUT2D eigenvalue weighted by Gasteiger charge is 2.28. The predicted molar refractivity (Wildman–Crippen MR) is 131 cm³/mol. The third-order valence-electron chi connectivity index (χ3n) is 4.14. The third kappa shape index (κ3) is 11.2. The van der Waals surface area contributed by atoms with Gasteiger partial charge in [-0.3, -0.25) is 38.3 Å². The highest BCUT2D eigenvalue weighted by atomic mass is 79.9. The quantitative estimate of drug-likeness (QED) is 0.0535. The SMILES string of the molecule is CCCCS(=O)(=O)OCCNc1c(C(=O)NCCOP(=O)(O)OCCBr)cc([N+](=O)[O-])cc1[N+](=O)[O-]. The van der Waals surface area contributed by atoms with Crippen LogP contribution in [0.15, 0.2) is 12.1 Å². The molecule has 1 amide bonds. The van der Waals surface area contributed by atoms with Gasteiger partial charge in [0.15, 0.2) is 0 Å². The smallest absolute Gasteiger partial charge is 0.376 e. The number of unbranched alkanes of at least 4 members (excludes halogenated alkanes) is 1. The number of halogens is 1. The Bertz CT molecular complexity index is 1090. The van der Waals surface area contributed by atoms with E-state index in [9.17, 15) is 42.9 Å². The van der Waals surface area contributed by atoms with Crippen molar-refractivity contribution in [2.45, 2.75) is 19.8 Å². The lowest BCUT2D eigenvalue weighted by Gasteiger charge is -2.14. The summed E-state index contributed by atoms with van der Waals surface area (Å²) in [7, 11) is -8.18. The van der Waals surface area contributed by atoms with E-state index in [-0.39, 0.29) is 30.8 Å². The van der Waals surface area contributed by atoms with Crippen molar-refractivity contribution in [3.8, 4) is 0 Å². The number of nitro groups is 2. The van der Waals surface area contributed by atoms with Crippen molar-refractivity contribution in [3.63, 3.8) is 0 Å². The molecule has 1 atom stereocenters. The van der Waals surface area contributed by atoms with Crippen LogP contribution in [-0.4, -0.2) is 73.1 Å². The first kappa shape index (κ1) is 31.8. The number of non-ortho nitro benzene ring substituents is 1. The summed E-state index contributed by atoms with van der Waals surface area (Å²) in [6.07, 6.45) is 1.01. The number of rotatable bonds is 18. The van der Waals surface area contributed by atoms with Gasteiger partial charge in [0.25, 0.3) is 27.4 Å². The molecule has 0 saturated carbocycles. The zero-order valence-corrected chi connectivity index (χ0v) is 22.4. The van der Waals surface area contributed by atoms with Crippen molar-refractivity contribution >= 4 is 56.8 Å². The second-order valence-corrected chi connectivity index (χ2v) is 10.9. The fourth-order valence-electron chi connectivity index (χ4n) is 2.56. The molecular formula is C17H26BrN4O12PS. The fourth-order valence-corrected chi connectivity index (χ4v) is 4.79. The number of carbonyl (C=O) groups is 1. The van der Waals surface area contributed by atoms with Crippen LogP contribution in [0.1, 0.15) is 30.1 Å². The monoisotopic (exact) mass is 620 g/mol. The van der Waals surface area contributed by atoms with E-state index >= 15 is 0 Å². The Labute approximate surface area is 214 Å². The van der Waals surface area contributed by atoms with Crippen LogP contribution in [0.25, 0.3) is 0 Å². The van der Waals surface area contributed by atoms with E-state index in [0.717, 1.165) is 6.07 Å². The van der Waals surface area contributed by atoms with E-state index in [1.165, 1.54) is 0 Å². The van der Waals surface area contributed by atoms with Crippen LogP contribution in [0.3, 0.4) is 0 Å². The average Bonchev–Trinajstić information content (AvgIpc) is 2.81. The molecule has 204 valence electrons. The molecule has 16 nitrogen and oxygen atoms in total. The van der Waals surface area contributed by atoms with E-state index in [1.807, 2.05) is 0 Å². The molecule has 0 spiro atoms. The first-order chi connectivity index (χ1) is 16.8. The lowest BCUT2D eigenvalue weighted by molar-refractivity contribution is -0.393. The van der Waals surface area contributed by atoms with E-state index in [4.69, 9.17) is 4.18 Å². The highest BCUT2D eigenvalue weighted by Crippen LogP contribution is 2.42. The molecule has 0 bridgehead atoms. The van der Waals surface area contributed by atoms with Crippen molar-refractivity contribution < 1.29 is 45.7 Å². The molecule has 0 aliphatic heterocycles. The Kier molecular flexibility index (Phi) is 13.4. The fraction of sp³-hybridized carbons (Fsp3) is 0.588. The Balaban J connectivity index is 3.01. The number of hydrogen-bond acceptors (Lipinski definition) is 12. The number of nitrogens with one attached hydrogen (secondary N) is 2. The lowest BCUT2D eigenvalue weighted by atomic mass is 10.1. The van der Waals surface area contributed by atoms with Gasteiger partial charge < -0.3 is 15.5 Å². The topological polar surface area (TPSA) is 227 Å². The van der Waals surface area contributed by atoms with Crippen LogP contribution >= 0.6 is 23.8 Å². The van der Waals surface area contributed by atoms with Gasteiger partial charge in [-0.2, -0.15) is 8.42 Å². The molecule has 0 radical (unpaired) electrons. The molecule has 0 saturated heterocycles. The Hall–Kier alpha value is -2.21. The number of anilines is 1. The number of alkyl halides is 1. The summed E-state index contributed by atoms with van der Waals surface area (Å²) in [6.45, 7) is 0.142. The molecule has 3 N–H and O–H groups in total. The van der Waals surface area contributed by atoms with Gasteiger partial charge in [0.1, 0.15) is 5.69 Å². The average molecular weight is 621 g/mol. The number of benzene rings is 1. The molecular weight excluding hydrogens is 595 g/mol. The van der Waals surface area contributed by atoms with Crippen molar-refractivity contribution in [1.82, 2.24) is 5.32 Å². The van der Waals surface area contributed by atoms with Crippen LogP contribution < -0.4 is 10.6 Å². The summed E-state index contributed by atoms with van der Waals surface area (Å²) in [6, 6.07) is 1.44. The first-order valence-electron chi connectivity index (χ1n) is 10.4. The third-order valence-corrected chi connectivity index (χ3v) is 6.80. The van der Waals surface area contributed by atoms with Crippen molar-refractivity contribution in [1.29, 1.82) is 0 Å². The van der Waals surface area contributed by atoms with E-state index in [0.29, 0.717) is 18.9 Å². The standard InChI is InChI=1S/C17H26BrN4O12PS/c1-2-3-10-36(30,31)34-9-6-19-16-14(11-13(21(24)25)12-15(16)22(26)27)17(23)20-5-8-33-35(28,29)32-7-4-18/h11-12,19H,2-10H2,1H3,(H,20,23)(H,28,29). The number of carbonyl (C=O) groups excluding carboxylic acids is 1. The molecule has 36 heavy (non-hydrogen) atoms. The van der Waals surface area contributed by atoms with Crippen LogP contribution in [0.2, 0.25) is 0 Å². The van der Waals surface area contributed by atoms with Crippen LogP contribution in [0.5, 0.6) is 0 Å². The largest absolute Gasteiger partial charge is 0.472 e. The van der Waals surface area contributed by atoms with E-state index in [2.05, 4.69) is 35.6 Å². The molecule has 0 aromatic heterocycles. The summed E-state index contributed by atoms with van der Waals surface area (Å²) >= 11 is 3.00. The summed E-state index contributed by atoms with van der Waals surface area (Å²) in [5.74, 6) is -1.21. The van der Waals surface area contributed by atoms with Gasteiger partial charge in [-0.15, -0.1) is 0 Å². The zero-order valence-electron chi connectivity index (χ0n) is 19.1. The molecule has 19 heteroatoms. The minimum atomic E-state index is -4.37. The normalized spacial score (nSPS) is 13.1. The highest BCUT2D eigenvalue weighted by molar-refractivity contribution is 9.09. The minimum Gasteiger partial charge on any atom is -0.376 e. The first-order valence-corrected chi connectivity index (χ1v) is 14.6. The van der Waals surface area contributed by atoms with Crippen molar-refractivity contribution in [3.05, 3.63) is 37.9 Å². The van der Waals surface area contributed by atoms with Gasteiger partial charge in [0.2, 0.25) is 0 Å². The number of nitrogens with zero attached hydrogens (tertiary/aromatic N) is 2. The van der Waals surface area contributed by atoms with Crippen molar-refractivity contribution in [2.24, 2.45) is 0 Å². The minimum absolute atomic E-state index is 0.115. The Morgan fingerprint density at radius 1 is 1.14 bits per heavy atom. The number of nitro benzene ring substituents is 2. The van der Waals surface area contributed by atoms with Gasteiger partial charge in [-0.1, -0.05) is 29.3 Å². The van der Waals surface area contributed by atoms with Gasteiger partial charge in [0.05, 0.1) is 47.0 Å². The number of phosphoric acid groups is 1. The number of hydrogen-bond donors (Lipinski definition) is 3. The van der Waals surface area contributed by atoms with Gasteiger partial charge in [-0.25, -0.2) is 4.57 Å². The summed E-state index contributed by atoms with van der Waals surface area (Å²) in [5.41, 5.74) is -2.45. The van der Waals surface area contributed by atoms with Gasteiger partial charge >= 0.3 is 7.82 Å². The zero-order chi connectivity index (χ0) is 27.4.